The lowest BCUT2D eigenvalue weighted by molar-refractivity contribution is 0.0848. The molecule has 0 aliphatic carbocycles. The van der Waals surface area contributed by atoms with Crippen LogP contribution in [-0.4, -0.2) is 28.3 Å². The summed E-state index contributed by atoms with van der Waals surface area (Å²) >= 11 is 1.67. The highest BCUT2D eigenvalue weighted by Crippen LogP contribution is 2.28. The van der Waals surface area contributed by atoms with Crippen LogP contribution in [0.2, 0.25) is 0 Å². The number of thioether (sulfide) groups is 1. The lowest BCUT2D eigenvalue weighted by Crippen LogP contribution is -2.39. The molecule has 1 aliphatic heterocycles. The molecular weight excluding hydrogens is 328 g/mol. The Kier molecular flexibility index (Phi) is 5.28. The second kappa shape index (κ2) is 7.44. The smallest absolute Gasteiger partial charge is 0.260 e. The van der Waals surface area contributed by atoms with Crippen molar-refractivity contribution in [3.8, 4) is 0 Å². The molecule has 2 aromatic rings. The zero-order valence-corrected chi connectivity index (χ0v) is 16.1. The molecule has 0 radical (unpaired) electrons. The van der Waals surface area contributed by atoms with Crippen LogP contribution in [0.1, 0.15) is 39.0 Å². The zero-order valence-electron chi connectivity index (χ0n) is 15.3. The van der Waals surface area contributed by atoms with Crippen molar-refractivity contribution >= 4 is 28.5 Å². The minimum atomic E-state index is 0.0506. The average Bonchev–Trinajstić information content (AvgIpc) is 2.58. The van der Waals surface area contributed by atoms with Gasteiger partial charge in [0.2, 0.25) is 0 Å². The first kappa shape index (κ1) is 17.7. The third-order valence-corrected chi connectivity index (χ3v) is 5.56. The predicted octanol–water partition coefficient (Wildman–Crippen LogP) is 5.19. The molecule has 3 nitrogen and oxygen atoms in total. The number of amidine groups is 1. The maximum Gasteiger partial charge on any atom is 0.260 e. The summed E-state index contributed by atoms with van der Waals surface area (Å²) < 4.78 is 0. The molecule has 130 valence electrons. The number of aliphatic imine (C=N–C) groups is 1. The van der Waals surface area contributed by atoms with Crippen molar-refractivity contribution in [2.24, 2.45) is 4.99 Å². The fraction of sp³-hybridized carbons (Fsp3) is 0.333. The molecule has 1 heterocycles. The van der Waals surface area contributed by atoms with Gasteiger partial charge in [-0.3, -0.25) is 9.69 Å². The molecule has 0 atom stereocenters. The summed E-state index contributed by atoms with van der Waals surface area (Å²) in [4.78, 5) is 19.9. The Morgan fingerprint density at radius 1 is 1.04 bits per heavy atom. The second-order valence-corrected chi connectivity index (χ2v) is 7.67. The predicted molar refractivity (Wildman–Crippen MR) is 107 cm³/mol. The van der Waals surface area contributed by atoms with Crippen LogP contribution in [0.15, 0.2) is 41.4 Å². The van der Waals surface area contributed by atoms with Crippen molar-refractivity contribution in [3.05, 3.63) is 64.2 Å². The van der Waals surface area contributed by atoms with Gasteiger partial charge in [-0.1, -0.05) is 47.7 Å². The van der Waals surface area contributed by atoms with Gasteiger partial charge in [-0.25, -0.2) is 4.99 Å². The lowest BCUT2D eigenvalue weighted by Gasteiger charge is -2.28. The molecule has 1 saturated heterocycles. The normalized spacial score (nSPS) is 16.3. The summed E-state index contributed by atoms with van der Waals surface area (Å²) in [7, 11) is 0. The monoisotopic (exact) mass is 352 g/mol. The second-order valence-electron chi connectivity index (χ2n) is 6.61. The van der Waals surface area contributed by atoms with Gasteiger partial charge in [0, 0.05) is 17.9 Å². The third kappa shape index (κ3) is 3.79. The standard InChI is InChI=1S/C21H24N2OS/c1-14-9-10-18(17(4)13-14)20(24)23-11-6-12-25-21(23)22-19-15(2)7-5-8-16(19)3/h5,7-10,13H,6,11-12H2,1-4H3. The molecular formula is C21H24N2OS. The van der Waals surface area contributed by atoms with Gasteiger partial charge in [0.05, 0.1) is 5.69 Å². The number of amides is 1. The van der Waals surface area contributed by atoms with E-state index in [4.69, 9.17) is 4.99 Å². The van der Waals surface area contributed by atoms with E-state index in [0.717, 1.165) is 51.8 Å². The molecule has 1 fully saturated rings. The van der Waals surface area contributed by atoms with Crippen LogP contribution < -0.4 is 0 Å². The number of hydrogen-bond acceptors (Lipinski definition) is 3. The van der Waals surface area contributed by atoms with Crippen molar-refractivity contribution in [2.45, 2.75) is 34.1 Å². The van der Waals surface area contributed by atoms with Gasteiger partial charge in [-0.15, -0.1) is 0 Å². The van der Waals surface area contributed by atoms with Crippen molar-refractivity contribution in [3.63, 3.8) is 0 Å². The van der Waals surface area contributed by atoms with Gasteiger partial charge in [-0.2, -0.15) is 0 Å². The minimum absolute atomic E-state index is 0.0506. The molecule has 4 heteroatoms. The van der Waals surface area contributed by atoms with Gasteiger partial charge in [0.15, 0.2) is 5.17 Å². The number of aryl methyl sites for hydroxylation is 4. The maximum absolute atomic E-state index is 13.1. The van der Waals surface area contributed by atoms with E-state index < -0.39 is 0 Å². The van der Waals surface area contributed by atoms with E-state index in [-0.39, 0.29) is 5.91 Å². The first-order valence-electron chi connectivity index (χ1n) is 8.64. The number of benzene rings is 2. The molecule has 0 saturated carbocycles. The van der Waals surface area contributed by atoms with E-state index in [0.29, 0.717) is 0 Å². The summed E-state index contributed by atoms with van der Waals surface area (Å²) in [5.74, 6) is 1.05. The number of para-hydroxylation sites is 1. The summed E-state index contributed by atoms with van der Waals surface area (Å²) in [6.45, 7) is 8.90. The third-order valence-electron chi connectivity index (χ3n) is 4.49. The van der Waals surface area contributed by atoms with E-state index >= 15 is 0 Å². The molecule has 25 heavy (non-hydrogen) atoms. The van der Waals surface area contributed by atoms with Crippen LogP contribution >= 0.6 is 11.8 Å². The van der Waals surface area contributed by atoms with E-state index in [1.54, 1.807) is 11.8 Å². The highest BCUT2D eigenvalue weighted by Gasteiger charge is 2.26. The van der Waals surface area contributed by atoms with Gasteiger partial charge < -0.3 is 0 Å². The summed E-state index contributed by atoms with van der Waals surface area (Å²) in [5.41, 5.74) is 6.21. The fourth-order valence-corrected chi connectivity index (χ4v) is 4.06. The molecule has 1 amide bonds. The maximum atomic E-state index is 13.1. The number of carbonyl (C=O) groups is 1. The SMILES string of the molecule is Cc1ccc(C(=O)N2CCCSC2=Nc2c(C)cccc2C)c(C)c1. The van der Waals surface area contributed by atoms with Gasteiger partial charge in [0.25, 0.3) is 5.91 Å². The highest BCUT2D eigenvalue weighted by molar-refractivity contribution is 8.13. The number of nitrogens with zero attached hydrogens (tertiary/aromatic N) is 2. The minimum Gasteiger partial charge on any atom is -0.287 e. The Bertz CT molecular complexity index is 822. The Labute approximate surface area is 154 Å². The Morgan fingerprint density at radius 2 is 1.76 bits per heavy atom. The van der Waals surface area contributed by atoms with E-state index in [1.807, 2.05) is 36.9 Å². The summed E-state index contributed by atoms with van der Waals surface area (Å²) in [6, 6.07) is 12.2. The summed E-state index contributed by atoms with van der Waals surface area (Å²) in [6.07, 6.45) is 0.993. The molecule has 0 spiro atoms. The molecule has 0 bridgehead atoms. The Hall–Kier alpha value is -2.07. The van der Waals surface area contributed by atoms with Crippen LogP contribution in [0.25, 0.3) is 0 Å². The van der Waals surface area contributed by atoms with Crippen molar-refractivity contribution in [1.29, 1.82) is 0 Å². The largest absolute Gasteiger partial charge is 0.287 e. The average molecular weight is 353 g/mol. The van der Waals surface area contributed by atoms with Crippen LogP contribution in [0, 0.1) is 27.7 Å². The van der Waals surface area contributed by atoms with Gasteiger partial charge in [0.1, 0.15) is 0 Å². The number of hydrogen-bond donors (Lipinski definition) is 0. The van der Waals surface area contributed by atoms with Crippen molar-refractivity contribution in [2.75, 3.05) is 12.3 Å². The van der Waals surface area contributed by atoms with Crippen LogP contribution in [0.3, 0.4) is 0 Å². The number of carbonyl (C=O) groups excluding carboxylic acids is 1. The van der Waals surface area contributed by atoms with Gasteiger partial charge >= 0.3 is 0 Å². The Balaban J connectivity index is 1.98. The topological polar surface area (TPSA) is 32.7 Å². The van der Waals surface area contributed by atoms with E-state index in [2.05, 4.69) is 32.0 Å². The van der Waals surface area contributed by atoms with Crippen LogP contribution in [-0.2, 0) is 0 Å². The van der Waals surface area contributed by atoms with E-state index in [9.17, 15) is 4.79 Å². The summed E-state index contributed by atoms with van der Waals surface area (Å²) in [5, 5.41) is 0.814. The van der Waals surface area contributed by atoms with Gasteiger partial charge in [-0.05, 0) is 56.9 Å². The lowest BCUT2D eigenvalue weighted by atomic mass is 10.0. The molecule has 0 aromatic heterocycles. The quantitative estimate of drug-likeness (QED) is 0.745. The van der Waals surface area contributed by atoms with E-state index in [1.165, 1.54) is 5.56 Å². The molecule has 2 aromatic carbocycles. The number of rotatable bonds is 2. The highest BCUT2D eigenvalue weighted by atomic mass is 32.2. The fourth-order valence-electron chi connectivity index (χ4n) is 3.12. The van der Waals surface area contributed by atoms with Crippen LogP contribution in [0.5, 0.6) is 0 Å². The zero-order chi connectivity index (χ0) is 18.0. The first-order chi connectivity index (χ1) is 12.0. The molecule has 3 rings (SSSR count). The van der Waals surface area contributed by atoms with Crippen molar-refractivity contribution < 1.29 is 4.79 Å². The first-order valence-corrected chi connectivity index (χ1v) is 9.63. The molecule has 1 aliphatic rings. The molecule has 0 unspecified atom stereocenters. The van der Waals surface area contributed by atoms with Crippen LogP contribution in [0.4, 0.5) is 5.69 Å². The Morgan fingerprint density at radius 3 is 2.44 bits per heavy atom. The molecule has 0 N–H and O–H groups in total. The van der Waals surface area contributed by atoms with Crippen molar-refractivity contribution in [1.82, 2.24) is 4.90 Å².